The number of nitrogens with one attached hydrogen (secondary N) is 1. The maximum absolute atomic E-state index is 8.97. The van der Waals surface area contributed by atoms with Crippen molar-refractivity contribution in [1.82, 2.24) is 4.98 Å². The van der Waals surface area contributed by atoms with Gasteiger partial charge in [-0.1, -0.05) is 29.8 Å². The fourth-order valence-electron chi connectivity index (χ4n) is 1.82. The zero-order valence-corrected chi connectivity index (χ0v) is 11.8. The lowest BCUT2D eigenvalue weighted by Crippen LogP contribution is -2.02. The molecule has 20 heavy (non-hydrogen) atoms. The Morgan fingerprint density at radius 2 is 2.15 bits per heavy atom. The highest BCUT2D eigenvalue weighted by molar-refractivity contribution is 6.34. The quantitative estimate of drug-likeness (QED) is 0.914. The van der Waals surface area contributed by atoms with E-state index in [1.54, 1.807) is 19.4 Å². The fourth-order valence-corrected chi connectivity index (χ4v) is 2.02. The highest BCUT2D eigenvalue weighted by atomic mass is 35.5. The van der Waals surface area contributed by atoms with E-state index < -0.39 is 0 Å². The van der Waals surface area contributed by atoms with Crippen LogP contribution in [0.4, 0.5) is 11.5 Å². The first kappa shape index (κ1) is 14.3. The lowest BCUT2D eigenvalue weighted by Gasteiger charge is -2.12. The first-order valence-electron chi connectivity index (χ1n) is 6.14. The molecule has 1 heterocycles. The van der Waals surface area contributed by atoms with Crippen LogP contribution in [0.15, 0.2) is 36.5 Å². The van der Waals surface area contributed by atoms with Crippen LogP contribution in [0.3, 0.4) is 0 Å². The molecule has 2 aromatic rings. The molecule has 0 aliphatic carbocycles. The zero-order chi connectivity index (χ0) is 14.4. The molecule has 0 atom stereocenters. The van der Waals surface area contributed by atoms with Crippen LogP contribution in [-0.2, 0) is 11.2 Å². The van der Waals surface area contributed by atoms with Gasteiger partial charge in [-0.2, -0.15) is 5.26 Å². The number of hydrogen-bond acceptors (Lipinski definition) is 4. The van der Waals surface area contributed by atoms with E-state index >= 15 is 0 Å². The number of methoxy groups -OCH3 is 1. The van der Waals surface area contributed by atoms with E-state index in [0.29, 0.717) is 23.0 Å². The summed E-state index contributed by atoms with van der Waals surface area (Å²) in [6.45, 7) is 0.637. The largest absolute Gasteiger partial charge is 0.384 e. The van der Waals surface area contributed by atoms with Gasteiger partial charge in [-0.3, -0.25) is 0 Å². The van der Waals surface area contributed by atoms with Gasteiger partial charge in [-0.05, 0) is 24.1 Å². The molecule has 0 aliphatic heterocycles. The summed E-state index contributed by atoms with van der Waals surface area (Å²) < 4.78 is 5.10. The first-order chi connectivity index (χ1) is 9.76. The average molecular weight is 288 g/mol. The van der Waals surface area contributed by atoms with E-state index in [2.05, 4.69) is 10.3 Å². The van der Waals surface area contributed by atoms with Gasteiger partial charge in [0.2, 0.25) is 0 Å². The van der Waals surface area contributed by atoms with Crippen molar-refractivity contribution >= 4 is 23.1 Å². The predicted octanol–water partition coefficient (Wildman–Crippen LogP) is 3.54. The molecule has 0 aliphatic rings. The summed E-state index contributed by atoms with van der Waals surface area (Å²) in [6, 6.07) is 11.5. The Labute approximate surface area is 123 Å². The molecule has 0 unspecified atom stereocenters. The van der Waals surface area contributed by atoms with Crippen molar-refractivity contribution in [2.24, 2.45) is 0 Å². The summed E-state index contributed by atoms with van der Waals surface area (Å²) in [5, 5.41) is 12.5. The lowest BCUT2D eigenvalue weighted by atomic mass is 10.1. The molecule has 1 N–H and O–H groups in total. The van der Waals surface area contributed by atoms with Gasteiger partial charge in [0.1, 0.15) is 11.1 Å². The van der Waals surface area contributed by atoms with Gasteiger partial charge in [0.25, 0.3) is 0 Å². The molecule has 0 amide bonds. The molecule has 102 valence electrons. The zero-order valence-electron chi connectivity index (χ0n) is 11.1. The Kier molecular flexibility index (Phi) is 4.94. The van der Waals surface area contributed by atoms with Crippen LogP contribution in [0, 0.1) is 11.3 Å². The summed E-state index contributed by atoms with van der Waals surface area (Å²) in [5.74, 6) is 0.482. The van der Waals surface area contributed by atoms with E-state index in [-0.39, 0.29) is 0 Å². The summed E-state index contributed by atoms with van der Waals surface area (Å²) in [6.07, 6.45) is 2.35. The number of nitriles is 1. The van der Waals surface area contributed by atoms with E-state index in [9.17, 15) is 0 Å². The Bertz CT molecular complexity index is 637. The molecule has 2 rings (SSSR count). The second-order valence-electron chi connectivity index (χ2n) is 4.16. The number of hydrogen-bond donors (Lipinski definition) is 1. The Morgan fingerprint density at radius 1 is 1.35 bits per heavy atom. The minimum atomic E-state index is 0.330. The number of nitrogens with zero attached hydrogens (tertiary/aromatic N) is 2. The molecule has 4 nitrogen and oxygen atoms in total. The van der Waals surface area contributed by atoms with Gasteiger partial charge in [0, 0.05) is 19.0 Å². The molecule has 1 aromatic heterocycles. The van der Waals surface area contributed by atoms with E-state index in [1.165, 1.54) is 0 Å². The minimum absolute atomic E-state index is 0.330. The molecule has 0 saturated heterocycles. The molecule has 0 saturated carbocycles. The maximum atomic E-state index is 8.97. The van der Waals surface area contributed by atoms with Crippen LogP contribution in [-0.4, -0.2) is 18.7 Å². The fraction of sp³-hybridized carbons (Fsp3) is 0.200. The van der Waals surface area contributed by atoms with Crippen molar-refractivity contribution in [3.63, 3.8) is 0 Å². The number of aromatic nitrogens is 1. The van der Waals surface area contributed by atoms with Crippen molar-refractivity contribution < 1.29 is 4.74 Å². The van der Waals surface area contributed by atoms with Crippen molar-refractivity contribution in [2.45, 2.75) is 6.42 Å². The number of halogens is 1. The monoisotopic (exact) mass is 287 g/mol. The normalized spacial score (nSPS) is 10.1. The third-order valence-corrected chi connectivity index (χ3v) is 3.24. The summed E-state index contributed by atoms with van der Waals surface area (Å²) in [4.78, 5) is 4.18. The summed E-state index contributed by atoms with van der Waals surface area (Å²) in [7, 11) is 1.67. The van der Waals surface area contributed by atoms with Crippen LogP contribution >= 0.6 is 11.6 Å². The average Bonchev–Trinajstić information content (AvgIpc) is 2.48. The van der Waals surface area contributed by atoms with Gasteiger partial charge >= 0.3 is 0 Å². The van der Waals surface area contributed by atoms with E-state index in [1.807, 2.05) is 30.3 Å². The van der Waals surface area contributed by atoms with Gasteiger partial charge < -0.3 is 10.1 Å². The molecule has 1 aromatic carbocycles. The number of benzene rings is 1. The highest BCUT2D eigenvalue weighted by Gasteiger charge is 2.09. The number of pyridine rings is 1. The van der Waals surface area contributed by atoms with Crippen LogP contribution in [0.25, 0.3) is 0 Å². The Morgan fingerprint density at radius 3 is 2.90 bits per heavy atom. The molecule has 0 fully saturated rings. The predicted molar refractivity (Wildman–Crippen MR) is 79.3 cm³/mol. The van der Waals surface area contributed by atoms with Gasteiger partial charge in [-0.25, -0.2) is 4.98 Å². The van der Waals surface area contributed by atoms with Crippen LogP contribution in [0.1, 0.15) is 11.1 Å². The first-order valence-corrected chi connectivity index (χ1v) is 6.52. The van der Waals surface area contributed by atoms with Crippen molar-refractivity contribution in [3.05, 3.63) is 52.7 Å². The number of ether oxygens (including phenoxy) is 1. The number of anilines is 2. The molecule has 5 heteroatoms. The van der Waals surface area contributed by atoms with Crippen LogP contribution in [0.2, 0.25) is 5.02 Å². The number of para-hydroxylation sites is 1. The van der Waals surface area contributed by atoms with E-state index in [4.69, 9.17) is 21.6 Å². The van der Waals surface area contributed by atoms with Crippen molar-refractivity contribution in [1.29, 1.82) is 5.26 Å². The smallest absolute Gasteiger partial charge is 0.150 e. The second-order valence-corrected chi connectivity index (χ2v) is 4.54. The van der Waals surface area contributed by atoms with Crippen LogP contribution in [0.5, 0.6) is 0 Å². The second kappa shape index (κ2) is 6.90. The van der Waals surface area contributed by atoms with E-state index in [0.717, 1.165) is 17.7 Å². The molecular weight excluding hydrogens is 274 g/mol. The lowest BCUT2D eigenvalue weighted by molar-refractivity contribution is 0.202. The standard InChI is InChI=1S/C15H14ClN3O/c1-20-9-7-11-4-2-3-5-13(11)19-15-14(16)12(10-17)6-8-18-15/h2-6,8H,7,9H2,1H3,(H,18,19). The molecule has 0 radical (unpaired) electrons. The summed E-state index contributed by atoms with van der Waals surface area (Å²) in [5.41, 5.74) is 2.42. The Balaban J connectivity index is 2.29. The SMILES string of the molecule is COCCc1ccccc1Nc1nccc(C#N)c1Cl. The van der Waals surface area contributed by atoms with Crippen molar-refractivity contribution in [3.8, 4) is 6.07 Å². The van der Waals surface area contributed by atoms with Crippen molar-refractivity contribution in [2.75, 3.05) is 19.0 Å². The Hall–Kier alpha value is -2.09. The number of rotatable bonds is 5. The van der Waals surface area contributed by atoms with Gasteiger partial charge in [-0.15, -0.1) is 0 Å². The molecule has 0 bridgehead atoms. The third-order valence-electron chi connectivity index (χ3n) is 2.86. The highest BCUT2D eigenvalue weighted by Crippen LogP contribution is 2.27. The summed E-state index contributed by atoms with van der Waals surface area (Å²) >= 11 is 6.14. The maximum Gasteiger partial charge on any atom is 0.150 e. The molecular formula is C15H14ClN3O. The van der Waals surface area contributed by atoms with Gasteiger partial charge in [0.15, 0.2) is 5.82 Å². The van der Waals surface area contributed by atoms with Gasteiger partial charge in [0.05, 0.1) is 12.2 Å². The topological polar surface area (TPSA) is 57.9 Å². The molecule has 0 spiro atoms. The van der Waals surface area contributed by atoms with Crippen LogP contribution < -0.4 is 5.32 Å². The third kappa shape index (κ3) is 3.27. The minimum Gasteiger partial charge on any atom is -0.384 e.